The van der Waals surface area contributed by atoms with Gasteiger partial charge in [-0.25, -0.2) is 0 Å². The molecule has 0 radical (unpaired) electrons. The van der Waals surface area contributed by atoms with E-state index in [0.717, 1.165) is 23.2 Å². The van der Waals surface area contributed by atoms with Gasteiger partial charge in [0, 0.05) is 22.7 Å². The Balaban J connectivity index is 1.87. The number of aromatic nitrogens is 1. The molecule has 0 aliphatic carbocycles. The number of nitrogens with one attached hydrogen (secondary N) is 1. The third-order valence-corrected chi connectivity index (χ3v) is 3.49. The molecule has 3 rings (SSSR count). The molecule has 0 unspecified atom stereocenters. The highest BCUT2D eigenvalue weighted by atomic mass is 16.5. The average molecular weight is 279 g/mol. The molecule has 3 aromatic rings. The lowest BCUT2D eigenvalue weighted by Crippen LogP contribution is -2.05. The number of hydrogen-bond donors (Lipinski definition) is 1. The van der Waals surface area contributed by atoms with Crippen LogP contribution in [0.4, 0.5) is 0 Å². The first kappa shape index (κ1) is 13.4. The van der Waals surface area contributed by atoms with Gasteiger partial charge in [-0.15, -0.1) is 0 Å². The standard InChI is InChI=1S/C18H17NO2/c1-2-14-10-18(20)16-11-15(8-9-17(16)19-14)21-12-13-6-4-3-5-7-13/h3-11H,2,12H2,1H3,(H,19,20). The zero-order valence-corrected chi connectivity index (χ0v) is 11.9. The molecule has 0 saturated carbocycles. The molecule has 0 saturated heterocycles. The number of rotatable bonds is 4. The van der Waals surface area contributed by atoms with E-state index in [1.54, 1.807) is 12.1 Å². The van der Waals surface area contributed by atoms with Crippen LogP contribution in [0.3, 0.4) is 0 Å². The fraction of sp³-hybridized carbons (Fsp3) is 0.167. The monoisotopic (exact) mass is 279 g/mol. The Labute approximate surface area is 123 Å². The van der Waals surface area contributed by atoms with Crippen molar-refractivity contribution in [3.05, 3.63) is 76.1 Å². The number of ether oxygens (including phenoxy) is 1. The smallest absolute Gasteiger partial charge is 0.189 e. The van der Waals surface area contributed by atoms with Gasteiger partial charge < -0.3 is 9.72 Å². The Bertz CT molecular complexity index is 806. The number of H-pyrrole nitrogens is 1. The number of aromatic amines is 1. The molecule has 106 valence electrons. The summed E-state index contributed by atoms with van der Waals surface area (Å²) < 4.78 is 5.76. The van der Waals surface area contributed by atoms with Crippen LogP contribution >= 0.6 is 0 Å². The normalized spacial score (nSPS) is 10.7. The highest BCUT2D eigenvalue weighted by molar-refractivity contribution is 5.80. The van der Waals surface area contributed by atoms with Gasteiger partial charge in [0.1, 0.15) is 12.4 Å². The zero-order valence-electron chi connectivity index (χ0n) is 11.9. The van der Waals surface area contributed by atoms with Crippen molar-refractivity contribution in [1.82, 2.24) is 4.98 Å². The largest absolute Gasteiger partial charge is 0.489 e. The first-order valence-corrected chi connectivity index (χ1v) is 7.09. The van der Waals surface area contributed by atoms with E-state index < -0.39 is 0 Å². The quantitative estimate of drug-likeness (QED) is 0.791. The SMILES string of the molecule is CCc1cc(=O)c2cc(OCc3ccccc3)ccc2[nH]1. The Morgan fingerprint density at radius 2 is 1.86 bits per heavy atom. The van der Waals surface area contributed by atoms with E-state index in [4.69, 9.17) is 4.74 Å². The molecule has 3 heteroatoms. The van der Waals surface area contributed by atoms with Crippen LogP contribution in [0.1, 0.15) is 18.2 Å². The second-order valence-electron chi connectivity index (χ2n) is 4.99. The van der Waals surface area contributed by atoms with Crippen LogP contribution in [-0.2, 0) is 13.0 Å². The van der Waals surface area contributed by atoms with Gasteiger partial charge in [0.25, 0.3) is 0 Å². The van der Waals surface area contributed by atoms with E-state index in [1.165, 1.54) is 0 Å². The van der Waals surface area contributed by atoms with Crippen molar-refractivity contribution in [2.45, 2.75) is 20.0 Å². The van der Waals surface area contributed by atoms with Crippen LogP contribution in [0, 0.1) is 0 Å². The third-order valence-electron chi connectivity index (χ3n) is 3.49. The first-order valence-electron chi connectivity index (χ1n) is 7.09. The molecule has 1 aromatic heterocycles. The molecule has 21 heavy (non-hydrogen) atoms. The van der Waals surface area contributed by atoms with Crippen LogP contribution < -0.4 is 10.2 Å². The minimum absolute atomic E-state index is 0.0331. The van der Waals surface area contributed by atoms with Crippen LogP contribution in [0.15, 0.2) is 59.4 Å². The minimum atomic E-state index is 0.0331. The summed E-state index contributed by atoms with van der Waals surface area (Å²) in [6, 6.07) is 17.2. The van der Waals surface area contributed by atoms with E-state index >= 15 is 0 Å². The molecule has 0 aliphatic heterocycles. The topological polar surface area (TPSA) is 42.1 Å². The van der Waals surface area contributed by atoms with Crippen molar-refractivity contribution >= 4 is 10.9 Å². The van der Waals surface area contributed by atoms with Crippen LogP contribution in [0.5, 0.6) is 5.75 Å². The van der Waals surface area contributed by atoms with Crippen LogP contribution in [-0.4, -0.2) is 4.98 Å². The molecule has 0 fully saturated rings. The predicted octanol–water partition coefficient (Wildman–Crippen LogP) is 3.67. The van der Waals surface area contributed by atoms with Crippen molar-refractivity contribution in [3.8, 4) is 5.75 Å². The Kier molecular flexibility index (Phi) is 3.73. The fourth-order valence-electron chi connectivity index (χ4n) is 2.30. The number of aryl methyl sites for hydroxylation is 1. The summed E-state index contributed by atoms with van der Waals surface area (Å²) in [7, 11) is 0. The fourth-order valence-corrected chi connectivity index (χ4v) is 2.30. The first-order chi connectivity index (χ1) is 10.3. The molecule has 1 N–H and O–H groups in total. The summed E-state index contributed by atoms with van der Waals surface area (Å²) in [6.07, 6.45) is 0.817. The highest BCUT2D eigenvalue weighted by Crippen LogP contribution is 2.18. The van der Waals surface area contributed by atoms with Gasteiger partial charge in [0.2, 0.25) is 0 Å². The van der Waals surface area contributed by atoms with E-state index in [0.29, 0.717) is 17.7 Å². The van der Waals surface area contributed by atoms with Crippen molar-refractivity contribution in [2.24, 2.45) is 0 Å². The van der Waals surface area contributed by atoms with Crippen LogP contribution in [0.25, 0.3) is 10.9 Å². The predicted molar refractivity (Wildman–Crippen MR) is 84.7 cm³/mol. The number of fused-ring (bicyclic) bond motifs is 1. The second-order valence-corrected chi connectivity index (χ2v) is 4.99. The van der Waals surface area contributed by atoms with Gasteiger partial charge in [-0.1, -0.05) is 37.3 Å². The molecular weight excluding hydrogens is 262 g/mol. The van der Waals surface area contributed by atoms with Crippen molar-refractivity contribution in [2.75, 3.05) is 0 Å². The minimum Gasteiger partial charge on any atom is -0.489 e. The van der Waals surface area contributed by atoms with Gasteiger partial charge in [0.15, 0.2) is 5.43 Å². The average Bonchev–Trinajstić information content (AvgIpc) is 2.54. The number of pyridine rings is 1. The molecule has 0 amide bonds. The summed E-state index contributed by atoms with van der Waals surface area (Å²) in [5, 5.41) is 0.665. The maximum Gasteiger partial charge on any atom is 0.189 e. The van der Waals surface area contributed by atoms with E-state index in [2.05, 4.69) is 4.98 Å². The third kappa shape index (κ3) is 2.97. The van der Waals surface area contributed by atoms with Gasteiger partial charge in [-0.2, -0.15) is 0 Å². The molecule has 0 aliphatic rings. The Morgan fingerprint density at radius 3 is 2.62 bits per heavy atom. The van der Waals surface area contributed by atoms with Crippen LogP contribution in [0.2, 0.25) is 0 Å². The Hall–Kier alpha value is -2.55. The Morgan fingerprint density at radius 1 is 1.05 bits per heavy atom. The molecular formula is C18H17NO2. The molecule has 0 bridgehead atoms. The molecule has 1 heterocycles. The van der Waals surface area contributed by atoms with Gasteiger partial charge in [-0.05, 0) is 30.2 Å². The lowest BCUT2D eigenvalue weighted by Gasteiger charge is -2.08. The van der Waals surface area contributed by atoms with E-state index in [-0.39, 0.29) is 5.43 Å². The van der Waals surface area contributed by atoms with Gasteiger partial charge in [-0.3, -0.25) is 4.79 Å². The molecule has 3 nitrogen and oxygen atoms in total. The van der Waals surface area contributed by atoms with Crippen molar-refractivity contribution in [1.29, 1.82) is 0 Å². The summed E-state index contributed by atoms with van der Waals surface area (Å²) in [6.45, 7) is 2.52. The van der Waals surface area contributed by atoms with Gasteiger partial charge >= 0.3 is 0 Å². The highest BCUT2D eigenvalue weighted by Gasteiger charge is 2.04. The summed E-state index contributed by atoms with van der Waals surface area (Å²) in [5.74, 6) is 0.709. The number of hydrogen-bond acceptors (Lipinski definition) is 2. The summed E-state index contributed by atoms with van der Waals surface area (Å²) in [5.41, 5.74) is 2.94. The zero-order chi connectivity index (χ0) is 14.7. The number of benzene rings is 2. The molecule has 0 atom stereocenters. The van der Waals surface area contributed by atoms with Gasteiger partial charge in [0.05, 0.1) is 0 Å². The maximum absolute atomic E-state index is 12.1. The van der Waals surface area contributed by atoms with Crippen molar-refractivity contribution < 1.29 is 4.74 Å². The maximum atomic E-state index is 12.1. The summed E-state index contributed by atoms with van der Waals surface area (Å²) >= 11 is 0. The van der Waals surface area contributed by atoms with E-state index in [9.17, 15) is 4.79 Å². The van der Waals surface area contributed by atoms with E-state index in [1.807, 2.05) is 49.4 Å². The van der Waals surface area contributed by atoms with Crippen molar-refractivity contribution in [3.63, 3.8) is 0 Å². The molecule has 0 spiro atoms. The second kappa shape index (κ2) is 5.83. The summed E-state index contributed by atoms with van der Waals surface area (Å²) in [4.78, 5) is 15.4. The lowest BCUT2D eigenvalue weighted by atomic mass is 10.1. The molecule has 2 aromatic carbocycles. The lowest BCUT2D eigenvalue weighted by molar-refractivity contribution is 0.306.